The van der Waals surface area contributed by atoms with Crippen LogP contribution >= 0.6 is 11.8 Å². The van der Waals surface area contributed by atoms with Crippen molar-refractivity contribution in [2.24, 2.45) is 7.05 Å². The van der Waals surface area contributed by atoms with Crippen molar-refractivity contribution in [3.8, 4) is 0 Å². The van der Waals surface area contributed by atoms with Crippen molar-refractivity contribution in [2.75, 3.05) is 11.1 Å². The lowest BCUT2D eigenvalue weighted by Gasteiger charge is -2.20. The number of unbranched alkanes of at least 4 members (excludes halogenated alkanes) is 2. The molecule has 1 aromatic carbocycles. The Morgan fingerprint density at radius 1 is 1.06 bits per heavy atom. The molecule has 0 aliphatic carbocycles. The number of carbonyl (C=O) groups is 1. The topological polar surface area (TPSA) is 59.0 Å². The fourth-order valence-corrected chi connectivity index (χ4v) is 4.50. The average molecular weight is 441 g/mol. The summed E-state index contributed by atoms with van der Waals surface area (Å²) in [7, 11) is 1.96. The number of hydrogen-bond acceptors (Lipinski definition) is 4. The molecule has 0 aliphatic heterocycles. The summed E-state index contributed by atoms with van der Waals surface area (Å²) < 4.78 is 7.76. The van der Waals surface area contributed by atoms with E-state index in [1.165, 1.54) is 11.1 Å². The number of oxazole rings is 1. The number of hydrogen-bond donors (Lipinski definition) is 1. The molecule has 2 aromatic heterocycles. The Hall–Kier alpha value is -2.34. The zero-order chi connectivity index (χ0) is 22.4. The van der Waals surface area contributed by atoms with E-state index in [4.69, 9.17) is 4.42 Å². The molecule has 5 nitrogen and oxygen atoms in total. The molecule has 6 heteroatoms. The van der Waals surface area contributed by atoms with Gasteiger partial charge in [0.05, 0.1) is 0 Å². The molecular formula is C25H34N3O2S+. The fourth-order valence-electron chi connectivity index (χ4n) is 3.68. The van der Waals surface area contributed by atoms with Crippen molar-refractivity contribution in [3.63, 3.8) is 0 Å². The summed E-state index contributed by atoms with van der Waals surface area (Å²) in [5.74, 6) is 1.79. The van der Waals surface area contributed by atoms with Gasteiger partial charge >= 0.3 is 5.71 Å². The number of anilines is 1. The monoisotopic (exact) mass is 440 g/mol. The lowest BCUT2D eigenvalue weighted by atomic mass is 9.92. The van der Waals surface area contributed by atoms with Gasteiger partial charge in [0.25, 0.3) is 5.22 Å². The highest BCUT2D eigenvalue weighted by atomic mass is 32.2. The van der Waals surface area contributed by atoms with Gasteiger partial charge in [-0.05, 0) is 41.9 Å². The summed E-state index contributed by atoms with van der Waals surface area (Å²) in [5.41, 5.74) is 5.11. The van der Waals surface area contributed by atoms with Gasteiger partial charge in [-0.2, -0.15) is 9.55 Å². The first kappa shape index (κ1) is 23.3. The molecule has 0 saturated heterocycles. The molecule has 1 N–H and O–H groups in total. The Bertz CT molecular complexity index is 1000. The number of para-hydroxylation sites is 1. The van der Waals surface area contributed by atoms with Crippen LogP contribution in [0.15, 0.2) is 46.2 Å². The Morgan fingerprint density at radius 2 is 1.77 bits per heavy atom. The molecule has 0 saturated carbocycles. The minimum absolute atomic E-state index is 0.106. The van der Waals surface area contributed by atoms with Crippen LogP contribution in [0.3, 0.4) is 0 Å². The smallest absolute Gasteiger partial charge is 0.378 e. The minimum Gasteiger partial charge on any atom is -0.378 e. The van der Waals surface area contributed by atoms with Crippen LogP contribution < -0.4 is 9.88 Å². The number of benzene rings is 1. The van der Waals surface area contributed by atoms with Crippen molar-refractivity contribution >= 4 is 34.6 Å². The molecule has 0 aliphatic rings. The third-order valence-corrected chi connectivity index (χ3v) is 6.32. The van der Waals surface area contributed by atoms with Crippen molar-refractivity contribution in [3.05, 3.63) is 47.7 Å². The molecule has 0 fully saturated rings. The first-order valence-corrected chi connectivity index (χ1v) is 12.2. The van der Waals surface area contributed by atoms with Gasteiger partial charge in [0, 0.05) is 23.9 Å². The average Bonchev–Trinajstić information content (AvgIpc) is 3.14. The van der Waals surface area contributed by atoms with E-state index in [0.717, 1.165) is 41.9 Å². The molecule has 3 rings (SSSR count). The molecule has 0 bridgehead atoms. The highest BCUT2D eigenvalue weighted by Crippen LogP contribution is 2.32. The lowest BCUT2D eigenvalue weighted by Crippen LogP contribution is -2.27. The standard InChI is InChI=1S/C25H33N3O2S/c1-17(2)19-11-9-12-20(18(3)4)23(19)27-22(29)14-7-6-8-16-31-25-26-21-13-10-15-28(5)24(21)30-25/h9-13,15,17-18H,6-8,14,16H2,1-5H3/p+1. The number of pyridine rings is 1. The van der Waals surface area contributed by atoms with Crippen molar-refractivity contribution < 1.29 is 13.8 Å². The second-order valence-electron chi connectivity index (χ2n) is 8.62. The summed E-state index contributed by atoms with van der Waals surface area (Å²) >= 11 is 1.63. The normalized spacial score (nSPS) is 11.6. The minimum atomic E-state index is 0.106. The predicted molar refractivity (Wildman–Crippen MR) is 128 cm³/mol. The van der Waals surface area contributed by atoms with E-state index in [1.54, 1.807) is 11.8 Å². The van der Waals surface area contributed by atoms with Crippen LogP contribution in [0, 0.1) is 0 Å². The Labute approximate surface area is 189 Å². The van der Waals surface area contributed by atoms with Gasteiger partial charge in [-0.3, -0.25) is 4.79 Å². The molecule has 0 unspecified atom stereocenters. The summed E-state index contributed by atoms with van der Waals surface area (Å²) in [6.07, 6.45) is 5.43. The van der Waals surface area contributed by atoms with Crippen LogP contribution in [-0.2, 0) is 11.8 Å². The molecule has 3 aromatic rings. The first-order chi connectivity index (χ1) is 14.9. The van der Waals surface area contributed by atoms with Gasteiger partial charge < -0.3 is 9.73 Å². The molecule has 31 heavy (non-hydrogen) atoms. The Morgan fingerprint density at radius 3 is 2.42 bits per heavy atom. The molecular weight excluding hydrogens is 406 g/mol. The molecule has 0 atom stereocenters. The SMILES string of the molecule is CC(C)c1cccc(C(C)C)c1NC(=O)CCCCCSc1nc2ccc[n+](C)c2o1. The van der Waals surface area contributed by atoms with Gasteiger partial charge in [-0.15, -0.1) is 0 Å². The van der Waals surface area contributed by atoms with Gasteiger partial charge in [-0.1, -0.05) is 64.1 Å². The number of amides is 1. The van der Waals surface area contributed by atoms with Crippen LogP contribution in [0.1, 0.15) is 76.3 Å². The van der Waals surface area contributed by atoms with E-state index in [9.17, 15) is 4.79 Å². The fraction of sp³-hybridized carbons (Fsp3) is 0.480. The molecule has 1 amide bonds. The number of nitrogens with one attached hydrogen (secondary N) is 1. The van der Waals surface area contributed by atoms with Gasteiger partial charge in [0.15, 0.2) is 11.7 Å². The van der Waals surface area contributed by atoms with Gasteiger partial charge in [0.1, 0.15) is 7.05 Å². The van der Waals surface area contributed by atoms with E-state index < -0.39 is 0 Å². The number of aromatic nitrogens is 2. The van der Waals surface area contributed by atoms with Crippen molar-refractivity contribution in [2.45, 2.75) is 70.4 Å². The van der Waals surface area contributed by atoms with Gasteiger partial charge in [0.2, 0.25) is 5.91 Å². The zero-order valence-corrected chi connectivity index (χ0v) is 20.1. The number of thioether (sulfide) groups is 1. The summed E-state index contributed by atoms with van der Waals surface area (Å²) in [4.78, 5) is 17.1. The predicted octanol–water partition coefficient (Wildman–Crippen LogP) is 6.19. The van der Waals surface area contributed by atoms with E-state index >= 15 is 0 Å². The van der Waals surface area contributed by atoms with Crippen LogP contribution in [0.5, 0.6) is 0 Å². The third kappa shape index (κ3) is 6.10. The van der Waals surface area contributed by atoms with E-state index in [2.05, 4.69) is 56.2 Å². The summed E-state index contributed by atoms with van der Waals surface area (Å²) in [5, 5.41) is 3.92. The highest BCUT2D eigenvalue weighted by molar-refractivity contribution is 7.99. The van der Waals surface area contributed by atoms with Crippen molar-refractivity contribution in [1.29, 1.82) is 0 Å². The number of aryl methyl sites for hydroxylation is 1. The zero-order valence-electron chi connectivity index (χ0n) is 19.3. The second kappa shape index (κ2) is 10.8. The first-order valence-electron chi connectivity index (χ1n) is 11.2. The third-order valence-electron chi connectivity index (χ3n) is 5.41. The number of carbonyl (C=O) groups excluding carboxylic acids is 1. The highest BCUT2D eigenvalue weighted by Gasteiger charge is 2.16. The summed E-state index contributed by atoms with van der Waals surface area (Å²) in [6.45, 7) is 8.68. The number of rotatable bonds is 10. The molecule has 166 valence electrons. The maximum atomic E-state index is 12.6. The second-order valence-corrected chi connectivity index (χ2v) is 9.66. The van der Waals surface area contributed by atoms with E-state index in [-0.39, 0.29) is 5.91 Å². The quantitative estimate of drug-likeness (QED) is 0.232. The molecule has 0 spiro atoms. The number of fused-ring (bicyclic) bond motifs is 1. The van der Waals surface area contributed by atoms with Crippen LogP contribution in [-0.4, -0.2) is 16.6 Å². The van der Waals surface area contributed by atoms with Crippen molar-refractivity contribution in [1.82, 2.24) is 4.98 Å². The van der Waals surface area contributed by atoms with Crippen LogP contribution in [0.2, 0.25) is 0 Å². The maximum Gasteiger partial charge on any atom is 0.401 e. The van der Waals surface area contributed by atoms with Crippen LogP contribution in [0.4, 0.5) is 5.69 Å². The van der Waals surface area contributed by atoms with E-state index in [0.29, 0.717) is 23.5 Å². The van der Waals surface area contributed by atoms with Crippen LogP contribution in [0.25, 0.3) is 11.2 Å². The number of nitrogens with zero attached hydrogens (tertiary/aromatic N) is 2. The summed E-state index contributed by atoms with van der Waals surface area (Å²) in [6, 6.07) is 10.3. The molecule has 0 radical (unpaired) electrons. The molecule has 2 heterocycles. The van der Waals surface area contributed by atoms with E-state index in [1.807, 2.05) is 29.9 Å². The Balaban J connectivity index is 1.44. The lowest BCUT2D eigenvalue weighted by molar-refractivity contribution is -0.651. The Kier molecular flexibility index (Phi) is 8.13. The maximum absolute atomic E-state index is 12.6. The largest absolute Gasteiger partial charge is 0.401 e. The van der Waals surface area contributed by atoms with Gasteiger partial charge in [-0.25, -0.2) is 0 Å².